The predicted octanol–water partition coefficient (Wildman–Crippen LogP) is 4.60. The Labute approximate surface area is 232 Å². The van der Waals surface area contributed by atoms with E-state index in [1.807, 2.05) is 31.2 Å². The van der Waals surface area contributed by atoms with E-state index in [1.54, 1.807) is 56.3 Å². The van der Waals surface area contributed by atoms with Gasteiger partial charge < -0.3 is 15.0 Å². The Balaban J connectivity index is 2.01. The topological polar surface area (TPSA) is 96.0 Å². The number of hydrogen-bond acceptors (Lipinski definition) is 5. The maximum atomic E-state index is 13.8. The fourth-order valence-electron chi connectivity index (χ4n) is 3.86. The first-order chi connectivity index (χ1) is 18.2. The van der Waals surface area contributed by atoms with Crippen LogP contribution in [0.25, 0.3) is 0 Å². The molecule has 10 heteroatoms. The third-order valence-corrected chi connectivity index (χ3v) is 8.09. The molecule has 2 amide bonds. The van der Waals surface area contributed by atoms with E-state index in [2.05, 4.69) is 21.2 Å². The van der Waals surface area contributed by atoms with E-state index < -0.39 is 28.5 Å². The molecular formula is C28H32BrN3O5S. The maximum Gasteiger partial charge on any atom is 0.264 e. The van der Waals surface area contributed by atoms with E-state index in [0.29, 0.717) is 24.6 Å². The van der Waals surface area contributed by atoms with Crippen LogP contribution in [0.1, 0.15) is 26.3 Å². The van der Waals surface area contributed by atoms with Crippen LogP contribution < -0.4 is 14.4 Å². The van der Waals surface area contributed by atoms with E-state index in [4.69, 9.17) is 4.74 Å². The Kier molecular flexibility index (Phi) is 10.3. The van der Waals surface area contributed by atoms with E-state index in [1.165, 1.54) is 17.0 Å². The largest absolute Gasteiger partial charge is 0.494 e. The van der Waals surface area contributed by atoms with Crippen molar-refractivity contribution < 1.29 is 22.7 Å². The summed E-state index contributed by atoms with van der Waals surface area (Å²) in [5.74, 6) is -0.257. The molecule has 0 saturated carbocycles. The number of nitrogens with one attached hydrogen (secondary N) is 1. The van der Waals surface area contributed by atoms with E-state index in [0.717, 1.165) is 14.3 Å². The van der Waals surface area contributed by atoms with E-state index in [-0.39, 0.29) is 17.3 Å². The Morgan fingerprint density at radius 2 is 1.66 bits per heavy atom. The average Bonchev–Trinajstić information content (AvgIpc) is 2.91. The second-order valence-electron chi connectivity index (χ2n) is 8.47. The minimum Gasteiger partial charge on any atom is -0.494 e. The van der Waals surface area contributed by atoms with Crippen molar-refractivity contribution in [3.63, 3.8) is 0 Å². The third kappa shape index (κ3) is 7.35. The number of anilines is 1. The highest BCUT2D eigenvalue weighted by Crippen LogP contribution is 2.26. The lowest BCUT2D eigenvalue weighted by atomic mass is 10.1. The number of nitrogens with zero attached hydrogens (tertiary/aromatic N) is 2. The van der Waals surface area contributed by atoms with Crippen LogP contribution in [0.5, 0.6) is 5.75 Å². The van der Waals surface area contributed by atoms with Crippen LogP contribution in [0.4, 0.5) is 5.69 Å². The molecule has 0 radical (unpaired) electrons. The quantitative estimate of drug-likeness (QED) is 0.327. The number of likely N-dealkylation sites (N-methyl/N-ethyl adjacent to an activating group) is 1. The van der Waals surface area contributed by atoms with Crippen molar-refractivity contribution in [2.45, 2.75) is 38.3 Å². The van der Waals surface area contributed by atoms with Crippen molar-refractivity contribution in [3.05, 3.63) is 88.9 Å². The first-order valence-electron chi connectivity index (χ1n) is 12.3. The molecule has 0 fully saturated rings. The molecule has 8 nitrogen and oxygen atoms in total. The predicted molar refractivity (Wildman–Crippen MR) is 151 cm³/mol. The van der Waals surface area contributed by atoms with Gasteiger partial charge in [-0.1, -0.05) is 46.3 Å². The summed E-state index contributed by atoms with van der Waals surface area (Å²) < 4.78 is 34.9. The van der Waals surface area contributed by atoms with Crippen LogP contribution in [0.15, 0.2) is 88.2 Å². The molecule has 38 heavy (non-hydrogen) atoms. The molecule has 3 aromatic carbocycles. The number of benzene rings is 3. The minimum atomic E-state index is -4.11. The lowest BCUT2D eigenvalue weighted by molar-refractivity contribution is -0.139. The van der Waals surface area contributed by atoms with Gasteiger partial charge in [-0.3, -0.25) is 13.9 Å². The molecule has 0 aliphatic rings. The van der Waals surface area contributed by atoms with Crippen LogP contribution in [0.3, 0.4) is 0 Å². The first kappa shape index (κ1) is 29.2. The average molecular weight is 603 g/mol. The van der Waals surface area contributed by atoms with Gasteiger partial charge in [0.1, 0.15) is 18.3 Å². The molecule has 1 N–H and O–H groups in total. The first-order valence-corrected chi connectivity index (χ1v) is 14.5. The number of ether oxygens (including phenoxy) is 1. The zero-order valence-electron chi connectivity index (χ0n) is 21.6. The number of halogens is 1. The number of carbonyl (C=O) groups excluding carboxylic acids is 2. The molecule has 0 aliphatic heterocycles. The highest BCUT2D eigenvalue weighted by atomic mass is 79.9. The number of rotatable bonds is 12. The van der Waals surface area contributed by atoms with E-state index in [9.17, 15) is 18.0 Å². The molecule has 0 bridgehead atoms. The summed E-state index contributed by atoms with van der Waals surface area (Å²) in [7, 11) is -4.11. The molecular weight excluding hydrogens is 570 g/mol. The van der Waals surface area contributed by atoms with Gasteiger partial charge in [0.25, 0.3) is 10.0 Å². The maximum absolute atomic E-state index is 13.8. The zero-order valence-corrected chi connectivity index (χ0v) is 24.0. The number of amides is 2. The molecule has 1 atom stereocenters. The van der Waals surface area contributed by atoms with Crippen molar-refractivity contribution in [2.75, 3.05) is 24.0 Å². The Morgan fingerprint density at radius 1 is 0.974 bits per heavy atom. The molecule has 0 aromatic heterocycles. The highest BCUT2D eigenvalue weighted by molar-refractivity contribution is 9.10. The Morgan fingerprint density at radius 3 is 2.26 bits per heavy atom. The molecule has 0 heterocycles. The van der Waals surface area contributed by atoms with Gasteiger partial charge in [-0.25, -0.2) is 8.42 Å². The van der Waals surface area contributed by atoms with Gasteiger partial charge in [-0.15, -0.1) is 0 Å². The molecule has 0 spiro atoms. The van der Waals surface area contributed by atoms with Crippen molar-refractivity contribution in [2.24, 2.45) is 0 Å². The summed E-state index contributed by atoms with van der Waals surface area (Å²) in [6.45, 7) is 5.78. The summed E-state index contributed by atoms with van der Waals surface area (Å²) in [6.07, 6.45) is 0. The second-order valence-corrected chi connectivity index (χ2v) is 11.3. The Bertz CT molecular complexity index is 1330. The number of hydrogen-bond donors (Lipinski definition) is 1. The van der Waals surface area contributed by atoms with Gasteiger partial charge in [-0.05, 0) is 74.9 Å². The zero-order chi connectivity index (χ0) is 27.7. The second kappa shape index (κ2) is 13.4. The molecule has 3 aromatic rings. The summed E-state index contributed by atoms with van der Waals surface area (Å²) in [5.41, 5.74) is 1.10. The fraction of sp³-hybridized carbons (Fsp3) is 0.286. The van der Waals surface area contributed by atoms with Gasteiger partial charge in [-0.2, -0.15) is 0 Å². The summed E-state index contributed by atoms with van der Waals surface area (Å²) >= 11 is 3.44. The van der Waals surface area contributed by atoms with Gasteiger partial charge in [0.15, 0.2) is 0 Å². The molecule has 202 valence electrons. The molecule has 0 aliphatic carbocycles. The van der Waals surface area contributed by atoms with Crippen molar-refractivity contribution in [3.8, 4) is 5.75 Å². The lowest BCUT2D eigenvalue weighted by Gasteiger charge is -2.32. The van der Waals surface area contributed by atoms with Gasteiger partial charge in [0.2, 0.25) is 11.8 Å². The monoisotopic (exact) mass is 601 g/mol. The van der Waals surface area contributed by atoms with E-state index >= 15 is 0 Å². The van der Waals surface area contributed by atoms with Crippen LogP contribution >= 0.6 is 15.9 Å². The van der Waals surface area contributed by atoms with Gasteiger partial charge in [0.05, 0.1) is 17.2 Å². The van der Waals surface area contributed by atoms with Crippen LogP contribution in [0.2, 0.25) is 0 Å². The standard InChI is InChI=1S/C28H32BrN3O5S/c1-4-30-28(34)21(3)31(19-22-10-9-11-23(29)18-22)27(33)20-32(24-14-16-25(17-15-24)37-5-2)38(35,36)26-12-7-6-8-13-26/h6-18,21H,4-5,19-20H2,1-3H3,(H,30,34)/t21-/m0/s1. The van der Waals surface area contributed by atoms with Crippen molar-refractivity contribution in [1.82, 2.24) is 10.2 Å². The molecule has 3 rings (SSSR count). The SMILES string of the molecule is CCNC(=O)[C@H](C)N(Cc1cccc(Br)c1)C(=O)CN(c1ccc(OCC)cc1)S(=O)(=O)c1ccccc1. The summed E-state index contributed by atoms with van der Waals surface area (Å²) in [5, 5.41) is 2.75. The highest BCUT2D eigenvalue weighted by Gasteiger charge is 2.32. The van der Waals surface area contributed by atoms with Gasteiger partial charge in [0, 0.05) is 17.6 Å². The number of sulfonamides is 1. The smallest absolute Gasteiger partial charge is 0.264 e. The minimum absolute atomic E-state index is 0.0528. The summed E-state index contributed by atoms with van der Waals surface area (Å²) in [6, 6.07) is 21.0. The van der Waals surface area contributed by atoms with Gasteiger partial charge >= 0.3 is 0 Å². The molecule has 0 saturated heterocycles. The van der Waals surface area contributed by atoms with Crippen LogP contribution in [-0.4, -0.2) is 50.9 Å². The number of carbonyl (C=O) groups is 2. The van der Waals surface area contributed by atoms with Crippen molar-refractivity contribution in [1.29, 1.82) is 0 Å². The molecule has 0 unspecified atom stereocenters. The summed E-state index contributed by atoms with van der Waals surface area (Å²) in [4.78, 5) is 28.0. The van der Waals surface area contributed by atoms with Crippen LogP contribution in [-0.2, 0) is 26.2 Å². The Hall–Kier alpha value is -3.37. The normalized spacial score (nSPS) is 11.9. The lowest BCUT2D eigenvalue weighted by Crippen LogP contribution is -2.51. The van der Waals surface area contributed by atoms with Crippen LogP contribution in [0, 0.1) is 0 Å². The van der Waals surface area contributed by atoms with Crippen molar-refractivity contribution >= 4 is 43.5 Å². The fourth-order valence-corrected chi connectivity index (χ4v) is 5.74. The third-order valence-electron chi connectivity index (χ3n) is 5.81.